The molecule has 2 nitrogen and oxygen atoms in total. The molecule has 0 heterocycles. The number of benzene rings is 1. The van der Waals surface area contributed by atoms with Crippen LogP contribution in [0.15, 0.2) is 30.9 Å². The number of allylic oxidation sites excluding steroid dienone is 1. The van der Waals surface area contributed by atoms with Crippen LogP contribution in [0.3, 0.4) is 0 Å². The van der Waals surface area contributed by atoms with Crippen molar-refractivity contribution in [1.29, 1.82) is 0 Å². The second-order valence-corrected chi connectivity index (χ2v) is 3.14. The molecular weight excluding hydrogens is 162 g/mol. The lowest BCUT2D eigenvalue weighted by atomic mass is 10.0. The first-order chi connectivity index (χ1) is 6.16. The van der Waals surface area contributed by atoms with E-state index in [1.54, 1.807) is 6.08 Å². The van der Waals surface area contributed by atoms with Gasteiger partial charge in [0.05, 0.1) is 0 Å². The maximum atomic E-state index is 9.76. The first-order valence-electron chi connectivity index (χ1n) is 4.34. The van der Waals surface area contributed by atoms with E-state index in [0.29, 0.717) is 12.2 Å². The molecule has 1 aromatic carbocycles. The van der Waals surface area contributed by atoms with Gasteiger partial charge in [-0.25, -0.2) is 0 Å². The molecule has 1 rings (SSSR count). The molecule has 70 valence electrons. The number of rotatable bonds is 3. The van der Waals surface area contributed by atoms with Gasteiger partial charge in [-0.3, -0.25) is 0 Å². The van der Waals surface area contributed by atoms with E-state index in [9.17, 15) is 5.11 Å². The van der Waals surface area contributed by atoms with Crippen LogP contribution in [0.1, 0.15) is 24.1 Å². The molecule has 1 aromatic rings. The van der Waals surface area contributed by atoms with Crippen molar-refractivity contribution in [2.75, 3.05) is 0 Å². The summed E-state index contributed by atoms with van der Waals surface area (Å²) in [5, 5.41) is 9.76. The zero-order valence-electron chi connectivity index (χ0n) is 7.83. The van der Waals surface area contributed by atoms with Gasteiger partial charge in [0.2, 0.25) is 0 Å². The second-order valence-electron chi connectivity index (χ2n) is 3.14. The normalized spacial score (nSPS) is 12.5. The summed E-state index contributed by atoms with van der Waals surface area (Å²) in [5.74, 6) is 0.303. The average molecular weight is 177 g/mol. The third-order valence-electron chi connectivity index (χ3n) is 2.01. The first-order valence-corrected chi connectivity index (χ1v) is 4.34. The van der Waals surface area contributed by atoms with Crippen molar-refractivity contribution in [3.05, 3.63) is 42.0 Å². The largest absolute Gasteiger partial charge is 0.507 e. The zero-order chi connectivity index (χ0) is 9.84. The van der Waals surface area contributed by atoms with Crippen molar-refractivity contribution in [2.45, 2.75) is 19.4 Å². The van der Waals surface area contributed by atoms with Crippen molar-refractivity contribution in [1.82, 2.24) is 0 Å². The Labute approximate surface area is 78.7 Å². The molecule has 1 atom stereocenters. The summed E-state index contributed by atoms with van der Waals surface area (Å²) in [5.41, 5.74) is 7.36. The molecule has 0 aliphatic rings. The number of phenols is 1. The summed E-state index contributed by atoms with van der Waals surface area (Å²) in [6.07, 6.45) is 2.44. The smallest absolute Gasteiger partial charge is 0.123 e. The molecule has 0 spiro atoms. The Kier molecular flexibility index (Phi) is 3.09. The Morgan fingerprint density at radius 2 is 2.31 bits per heavy atom. The summed E-state index contributed by atoms with van der Waals surface area (Å²) < 4.78 is 0. The van der Waals surface area contributed by atoms with Crippen molar-refractivity contribution in [3.63, 3.8) is 0 Å². The molecule has 3 N–H and O–H groups in total. The second kappa shape index (κ2) is 4.10. The number of phenolic OH excluding ortho intramolecular Hbond substituents is 1. The molecule has 2 heteroatoms. The van der Waals surface area contributed by atoms with Crippen LogP contribution in [0.4, 0.5) is 0 Å². The van der Waals surface area contributed by atoms with Crippen LogP contribution in [0, 0.1) is 0 Å². The Morgan fingerprint density at radius 1 is 1.62 bits per heavy atom. The Bertz CT molecular complexity index is 305. The SMILES string of the molecule is C=CCc1cccc(C(C)N)c1O. The fourth-order valence-corrected chi connectivity index (χ4v) is 1.30. The van der Waals surface area contributed by atoms with Gasteiger partial charge in [-0.1, -0.05) is 24.3 Å². The van der Waals surface area contributed by atoms with E-state index in [1.165, 1.54) is 0 Å². The van der Waals surface area contributed by atoms with Crippen LogP contribution >= 0.6 is 0 Å². The van der Waals surface area contributed by atoms with Crippen molar-refractivity contribution in [2.24, 2.45) is 5.73 Å². The van der Waals surface area contributed by atoms with Crippen LogP contribution in [0.2, 0.25) is 0 Å². The Balaban J connectivity index is 3.10. The molecule has 0 bridgehead atoms. The summed E-state index contributed by atoms with van der Waals surface area (Å²) in [7, 11) is 0. The maximum absolute atomic E-state index is 9.76. The van der Waals surface area contributed by atoms with Crippen LogP contribution in [0.25, 0.3) is 0 Å². The molecule has 0 radical (unpaired) electrons. The van der Waals surface area contributed by atoms with E-state index in [4.69, 9.17) is 5.73 Å². The van der Waals surface area contributed by atoms with Gasteiger partial charge in [0, 0.05) is 11.6 Å². The first kappa shape index (κ1) is 9.81. The van der Waals surface area contributed by atoms with Gasteiger partial charge in [0.25, 0.3) is 0 Å². The number of aromatic hydroxyl groups is 1. The molecule has 0 fully saturated rings. The minimum atomic E-state index is -0.134. The molecule has 0 amide bonds. The Morgan fingerprint density at radius 3 is 2.85 bits per heavy atom. The van der Waals surface area contributed by atoms with Crippen molar-refractivity contribution >= 4 is 0 Å². The molecule has 1 unspecified atom stereocenters. The van der Waals surface area contributed by atoms with Crippen LogP contribution < -0.4 is 5.73 Å². The lowest BCUT2D eigenvalue weighted by Gasteiger charge is -2.10. The molecule has 0 aliphatic carbocycles. The lowest BCUT2D eigenvalue weighted by molar-refractivity contribution is 0.458. The molecular formula is C11H15NO. The summed E-state index contributed by atoms with van der Waals surface area (Å²) in [6, 6.07) is 5.48. The predicted octanol–water partition coefficient (Wildman–Crippen LogP) is 2.14. The summed E-state index contributed by atoms with van der Waals surface area (Å²) in [4.78, 5) is 0. The average Bonchev–Trinajstić information content (AvgIpc) is 2.08. The number of nitrogens with two attached hydrogens (primary N) is 1. The quantitative estimate of drug-likeness (QED) is 0.695. The van der Waals surface area contributed by atoms with Gasteiger partial charge in [0.1, 0.15) is 5.75 Å². The highest BCUT2D eigenvalue weighted by molar-refractivity contribution is 5.42. The minimum absolute atomic E-state index is 0.134. The van der Waals surface area contributed by atoms with E-state index in [2.05, 4.69) is 6.58 Å². The molecule has 0 saturated heterocycles. The van der Waals surface area contributed by atoms with Crippen molar-refractivity contribution in [3.8, 4) is 5.75 Å². The highest BCUT2D eigenvalue weighted by atomic mass is 16.3. The third-order valence-corrected chi connectivity index (χ3v) is 2.01. The summed E-state index contributed by atoms with van der Waals surface area (Å²) >= 11 is 0. The number of hydrogen-bond donors (Lipinski definition) is 2. The van der Waals surface area contributed by atoms with Gasteiger partial charge in [0.15, 0.2) is 0 Å². The van der Waals surface area contributed by atoms with E-state index in [1.807, 2.05) is 25.1 Å². The molecule has 13 heavy (non-hydrogen) atoms. The highest BCUT2D eigenvalue weighted by Crippen LogP contribution is 2.26. The standard InChI is InChI=1S/C11H15NO/c1-3-5-9-6-4-7-10(8(2)12)11(9)13/h3-4,6-8,13H,1,5,12H2,2H3. The predicted molar refractivity (Wildman–Crippen MR) is 54.6 cm³/mol. The van der Waals surface area contributed by atoms with Gasteiger partial charge >= 0.3 is 0 Å². The molecule has 0 aliphatic heterocycles. The fourth-order valence-electron chi connectivity index (χ4n) is 1.30. The van der Waals surface area contributed by atoms with E-state index in [-0.39, 0.29) is 6.04 Å². The van der Waals surface area contributed by atoms with Crippen molar-refractivity contribution < 1.29 is 5.11 Å². The van der Waals surface area contributed by atoms with Crippen LogP contribution in [-0.4, -0.2) is 5.11 Å². The van der Waals surface area contributed by atoms with E-state index >= 15 is 0 Å². The zero-order valence-corrected chi connectivity index (χ0v) is 7.83. The lowest BCUT2D eigenvalue weighted by Crippen LogP contribution is -2.05. The van der Waals surface area contributed by atoms with Gasteiger partial charge < -0.3 is 10.8 Å². The highest BCUT2D eigenvalue weighted by Gasteiger charge is 2.08. The van der Waals surface area contributed by atoms with E-state index in [0.717, 1.165) is 11.1 Å². The monoisotopic (exact) mass is 177 g/mol. The Hall–Kier alpha value is -1.28. The van der Waals surface area contributed by atoms with Gasteiger partial charge in [-0.05, 0) is 18.9 Å². The third kappa shape index (κ3) is 2.10. The minimum Gasteiger partial charge on any atom is -0.507 e. The van der Waals surface area contributed by atoms with E-state index < -0.39 is 0 Å². The number of para-hydroxylation sites is 1. The molecule has 0 aromatic heterocycles. The number of hydrogen-bond acceptors (Lipinski definition) is 2. The van der Waals surface area contributed by atoms with Crippen LogP contribution in [-0.2, 0) is 6.42 Å². The fraction of sp³-hybridized carbons (Fsp3) is 0.273. The van der Waals surface area contributed by atoms with Gasteiger partial charge in [-0.2, -0.15) is 0 Å². The van der Waals surface area contributed by atoms with Gasteiger partial charge in [-0.15, -0.1) is 6.58 Å². The molecule has 0 saturated carbocycles. The topological polar surface area (TPSA) is 46.2 Å². The van der Waals surface area contributed by atoms with Crippen LogP contribution in [0.5, 0.6) is 5.75 Å². The maximum Gasteiger partial charge on any atom is 0.123 e. The summed E-state index contributed by atoms with van der Waals surface area (Å²) in [6.45, 7) is 5.48.